The van der Waals surface area contributed by atoms with Crippen LogP contribution in [0.25, 0.3) is 0 Å². The Morgan fingerprint density at radius 1 is 1.33 bits per heavy atom. The average Bonchev–Trinajstić information content (AvgIpc) is 2.21. The molecule has 0 amide bonds. The molecule has 1 aliphatic heterocycles. The van der Waals surface area contributed by atoms with Crippen molar-refractivity contribution >= 4 is 17.9 Å². The first-order valence-electron chi connectivity index (χ1n) is 5.41. The summed E-state index contributed by atoms with van der Waals surface area (Å²) in [6.45, 7) is 4.68. The molecule has 0 unspecified atom stereocenters. The van der Waals surface area contributed by atoms with E-state index in [9.17, 15) is 14.4 Å². The normalized spacial score (nSPS) is 17.6. The van der Waals surface area contributed by atoms with E-state index in [-0.39, 0.29) is 18.7 Å². The van der Waals surface area contributed by atoms with Gasteiger partial charge in [0.25, 0.3) is 5.79 Å². The monoisotopic (exact) mass is 257 g/mol. The molecule has 7 heteroatoms. The minimum Gasteiger partial charge on any atom is -0.465 e. The molecule has 100 valence electrons. The summed E-state index contributed by atoms with van der Waals surface area (Å²) in [5.74, 6) is -3.36. The van der Waals surface area contributed by atoms with E-state index in [0.717, 1.165) is 6.20 Å². The summed E-state index contributed by atoms with van der Waals surface area (Å²) < 4.78 is 14.4. The lowest BCUT2D eigenvalue weighted by atomic mass is 10.2. The second-order valence-electron chi connectivity index (χ2n) is 3.92. The highest BCUT2D eigenvalue weighted by molar-refractivity contribution is 6.15. The predicted molar refractivity (Wildman–Crippen MR) is 59.0 cm³/mol. The minimum atomic E-state index is -1.27. The maximum absolute atomic E-state index is 11.5. The van der Waals surface area contributed by atoms with Crippen molar-refractivity contribution < 1.29 is 28.6 Å². The first-order valence-corrected chi connectivity index (χ1v) is 5.41. The van der Waals surface area contributed by atoms with Gasteiger partial charge >= 0.3 is 17.9 Å². The number of hydrogen-bond donors (Lipinski definition) is 1. The lowest BCUT2D eigenvalue weighted by molar-refractivity contribution is -0.222. The van der Waals surface area contributed by atoms with Crippen LogP contribution in [-0.2, 0) is 28.6 Å². The van der Waals surface area contributed by atoms with Crippen LogP contribution >= 0.6 is 0 Å². The summed E-state index contributed by atoms with van der Waals surface area (Å²) in [6.07, 6.45) is 1.08. The lowest BCUT2D eigenvalue weighted by Gasteiger charge is -2.29. The van der Waals surface area contributed by atoms with Gasteiger partial charge in [-0.05, 0) is 6.92 Å². The van der Waals surface area contributed by atoms with E-state index in [2.05, 4.69) is 10.1 Å². The smallest absolute Gasteiger partial charge is 0.350 e. The van der Waals surface area contributed by atoms with E-state index in [1.54, 1.807) is 6.92 Å². The number of rotatable bonds is 4. The summed E-state index contributed by atoms with van der Waals surface area (Å²) in [7, 11) is 0. The van der Waals surface area contributed by atoms with Crippen LogP contribution in [0, 0.1) is 0 Å². The fourth-order valence-electron chi connectivity index (χ4n) is 1.23. The molecule has 18 heavy (non-hydrogen) atoms. The highest BCUT2D eigenvalue weighted by Crippen LogP contribution is 2.21. The van der Waals surface area contributed by atoms with Gasteiger partial charge in [0, 0.05) is 20.0 Å². The SMILES string of the molecule is CCOC(=O)CNC=C1C(=O)OC(C)(C)OC1=O. The second kappa shape index (κ2) is 5.52. The molecule has 1 N–H and O–H groups in total. The standard InChI is InChI=1S/C11H15NO6/c1-4-16-8(13)6-12-5-7-9(14)17-11(2,3)18-10(7)15/h5,12H,4,6H2,1-3H3. The van der Waals surface area contributed by atoms with Crippen LogP contribution in [0.15, 0.2) is 11.8 Å². The Bertz CT molecular complexity index is 376. The zero-order valence-electron chi connectivity index (χ0n) is 10.4. The summed E-state index contributed by atoms with van der Waals surface area (Å²) in [5, 5.41) is 2.49. The number of carbonyl (C=O) groups excluding carboxylic acids is 3. The van der Waals surface area contributed by atoms with E-state index in [1.165, 1.54) is 13.8 Å². The first-order chi connectivity index (χ1) is 8.35. The van der Waals surface area contributed by atoms with Crippen molar-refractivity contribution in [1.29, 1.82) is 0 Å². The summed E-state index contributed by atoms with van der Waals surface area (Å²) in [6, 6.07) is 0. The van der Waals surface area contributed by atoms with E-state index in [4.69, 9.17) is 9.47 Å². The predicted octanol–water partition coefficient (Wildman–Crippen LogP) is -0.141. The molecule has 0 aliphatic carbocycles. The summed E-state index contributed by atoms with van der Waals surface area (Å²) in [4.78, 5) is 34.0. The number of esters is 3. The van der Waals surface area contributed by atoms with Crippen molar-refractivity contribution in [2.45, 2.75) is 26.6 Å². The molecule has 7 nitrogen and oxygen atoms in total. The van der Waals surface area contributed by atoms with E-state index in [0.29, 0.717) is 0 Å². The zero-order chi connectivity index (χ0) is 13.8. The largest absolute Gasteiger partial charge is 0.465 e. The van der Waals surface area contributed by atoms with Gasteiger partial charge in [0.1, 0.15) is 6.54 Å². The van der Waals surface area contributed by atoms with Gasteiger partial charge < -0.3 is 19.5 Å². The third-order valence-electron chi connectivity index (χ3n) is 1.91. The van der Waals surface area contributed by atoms with Crippen LogP contribution in [0.3, 0.4) is 0 Å². The van der Waals surface area contributed by atoms with Crippen molar-refractivity contribution in [3.63, 3.8) is 0 Å². The van der Waals surface area contributed by atoms with Gasteiger partial charge in [0.15, 0.2) is 5.57 Å². The van der Waals surface area contributed by atoms with Crippen molar-refractivity contribution in [2.24, 2.45) is 0 Å². The Labute approximate surface area is 104 Å². The number of carbonyl (C=O) groups is 3. The van der Waals surface area contributed by atoms with Crippen molar-refractivity contribution in [3.05, 3.63) is 11.8 Å². The number of nitrogens with one attached hydrogen (secondary N) is 1. The Hall–Kier alpha value is -2.05. The molecule has 0 spiro atoms. The third-order valence-corrected chi connectivity index (χ3v) is 1.91. The average molecular weight is 257 g/mol. The number of cyclic esters (lactones) is 2. The minimum absolute atomic E-state index is 0.151. The molecule has 1 fully saturated rings. The fourth-order valence-corrected chi connectivity index (χ4v) is 1.23. The van der Waals surface area contributed by atoms with Gasteiger partial charge in [-0.2, -0.15) is 0 Å². The van der Waals surface area contributed by atoms with Crippen LogP contribution in [0.5, 0.6) is 0 Å². The molecular weight excluding hydrogens is 242 g/mol. The van der Waals surface area contributed by atoms with Gasteiger partial charge in [-0.15, -0.1) is 0 Å². The molecule has 0 aromatic carbocycles. The van der Waals surface area contributed by atoms with E-state index in [1.807, 2.05) is 0 Å². The fraction of sp³-hybridized carbons (Fsp3) is 0.545. The van der Waals surface area contributed by atoms with Crippen LogP contribution < -0.4 is 5.32 Å². The number of hydrogen-bond acceptors (Lipinski definition) is 7. The highest BCUT2D eigenvalue weighted by Gasteiger charge is 2.38. The molecule has 0 aromatic rings. The quantitative estimate of drug-likeness (QED) is 0.425. The van der Waals surface area contributed by atoms with Gasteiger partial charge in [-0.1, -0.05) is 0 Å². The van der Waals surface area contributed by atoms with E-state index < -0.39 is 23.7 Å². The summed E-state index contributed by atoms with van der Waals surface area (Å²) >= 11 is 0. The molecule has 0 saturated carbocycles. The molecule has 0 radical (unpaired) electrons. The second-order valence-corrected chi connectivity index (χ2v) is 3.92. The Balaban J connectivity index is 2.58. The van der Waals surface area contributed by atoms with Gasteiger partial charge in [0.05, 0.1) is 6.61 Å². The maximum atomic E-state index is 11.5. The first kappa shape index (κ1) is 14.0. The molecule has 1 rings (SSSR count). The Kier molecular flexibility index (Phi) is 4.30. The van der Waals surface area contributed by atoms with Crippen molar-refractivity contribution in [3.8, 4) is 0 Å². The highest BCUT2D eigenvalue weighted by atomic mass is 16.7. The molecule has 1 heterocycles. The zero-order valence-corrected chi connectivity index (χ0v) is 10.4. The molecule has 1 saturated heterocycles. The van der Waals surface area contributed by atoms with E-state index >= 15 is 0 Å². The molecular formula is C11H15NO6. The Morgan fingerprint density at radius 3 is 2.39 bits per heavy atom. The molecule has 1 aliphatic rings. The van der Waals surface area contributed by atoms with Crippen LogP contribution in [0.4, 0.5) is 0 Å². The third kappa shape index (κ3) is 3.76. The molecule has 0 bridgehead atoms. The van der Waals surface area contributed by atoms with Crippen LogP contribution in [-0.4, -0.2) is 36.8 Å². The maximum Gasteiger partial charge on any atom is 0.350 e. The van der Waals surface area contributed by atoms with Gasteiger partial charge in [0.2, 0.25) is 0 Å². The number of ether oxygens (including phenoxy) is 3. The Morgan fingerprint density at radius 2 is 1.89 bits per heavy atom. The van der Waals surface area contributed by atoms with Crippen LogP contribution in [0.1, 0.15) is 20.8 Å². The van der Waals surface area contributed by atoms with Gasteiger partial charge in [-0.25, -0.2) is 9.59 Å². The molecule has 0 atom stereocenters. The molecule has 0 aromatic heterocycles. The van der Waals surface area contributed by atoms with Crippen molar-refractivity contribution in [1.82, 2.24) is 5.32 Å². The summed E-state index contributed by atoms with van der Waals surface area (Å²) in [5.41, 5.74) is -0.293. The van der Waals surface area contributed by atoms with Gasteiger partial charge in [-0.3, -0.25) is 4.79 Å². The topological polar surface area (TPSA) is 90.9 Å². The van der Waals surface area contributed by atoms with Crippen molar-refractivity contribution in [2.75, 3.05) is 13.2 Å². The van der Waals surface area contributed by atoms with Crippen LogP contribution in [0.2, 0.25) is 0 Å². The lowest BCUT2D eigenvalue weighted by Crippen LogP contribution is -2.42.